The van der Waals surface area contributed by atoms with Gasteiger partial charge in [-0.1, -0.05) is 28.1 Å². The molecule has 0 radical (unpaired) electrons. The maximum absolute atomic E-state index is 4.54. The number of rotatable bonds is 3. The quantitative estimate of drug-likeness (QED) is 0.746. The predicted molar refractivity (Wildman–Crippen MR) is 75.9 cm³/mol. The van der Waals surface area contributed by atoms with Crippen LogP contribution in [0.2, 0.25) is 0 Å². The lowest BCUT2D eigenvalue weighted by atomic mass is 10.2. The third-order valence-corrected chi connectivity index (χ3v) is 4.35. The molecule has 1 saturated carbocycles. The molecule has 0 amide bonds. The monoisotopic (exact) mass is 354 g/mol. The second-order valence-electron chi connectivity index (χ2n) is 4.33. The van der Waals surface area contributed by atoms with E-state index in [1.54, 1.807) is 0 Å². The molecule has 2 aromatic rings. The summed E-state index contributed by atoms with van der Waals surface area (Å²) in [5, 5.41) is 5.41. The Balaban J connectivity index is 2.14. The van der Waals surface area contributed by atoms with Crippen LogP contribution in [0.3, 0.4) is 0 Å². The molecule has 0 atom stereocenters. The fourth-order valence-corrected chi connectivity index (χ4v) is 2.99. The van der Waals surface area contributed by atoms with E-state index in [-0.39, 0.29) is 0 Å². The van der Waals surface area contributed by atoms with Gasteiger partial charge in [0.2, 0.25) is 0 Å². The van der Waals surface area contributed by atoms with Crippen LogP contribution in [-0.4, -0.2) is 9.78 Å². The normalized spacial score (nSPS) is 15.2. The summed E-state index contributed by atoms with van der Waals surface area (Å²) in [6.45, 7) is 0. The number of para-hydroxylation sites is 1. The number of benzene rings is 1. The number of hydrogen-bond donors (Lipinski definition) is 0. The van der Waals surface area contributed by atoms with E-state index in [0.717, 1.165) is 15.5 Å². The number of alkyl halides is 1. The SMILES string of the molecule is BrCc1cnn(-c2ccccc2Br)c1C1CC1. The first-order valence-corrected chi connectivity index (χ1v) is 7.60. The lowest BCUT2D eigenvalue weighted by molar-refractivity contribution is 0.802. The van der Waals surface area contributed by atoms with Crippen molar-refractivity contribution in [3.05, 3.63) is 46.2 Å². The fraction of sp³-hybridized carbons (Fsp3) is 0.308. The Morgan fingerprint density at radius 1 is 1.29 bits per heavy atom. The lowest BCUT2D eigenvalue weighted by Crippen LogP contribution is -2.02. The van der Waals surface area contributed by atoms with E-state index >= 15 is 0 Å². The van der Waals surface area contributed by atoms with Crippen molar-refractivity contribution in [1.29, 1.82) is 0 Å². The largest absolute Gasteiger partial charge is 0.236 e. The van der Waals surface area contributed by atoms with Gasteiger partial charge in [0, 0.05) is 21.3 Å². The summed E-state index contributed by atoms with van der Waals surface area (Å²) < 4.78 is 3.17. The highest BCUT2D eigenvalue weighted by atomic mass is 79.9. The zero-order valence-electron chi connectivity index (χ0n) is 9.24. The van der Waals surface area contributed by atoms with Gasteiger partial charge in [-0.15, -0.1) is 0 Å². The maximum Gasteiger partial charge on any atom is 0.0790 e. The molecule has 3 rings (SSSR count). The molecule has 0 aliphatic heterocycles. The van der Waals surface area contributed by atoms with Crippen LogP contribution in [0.15, 0.2) is 34.9 Å². The Kier molecular flexibility index (Phi) is 3.09. The molecule has 1 aliphatic rings. The Hall–Kier alpha value is -0.610. The summed E-state index contributed by atoms with van der Waals surface area (Å²) in [6.07, 6.45) is 4.55. The summed E-state index contributed by atoms with van der Waals surface area (Å²) >= 11 is 7.14. The van der Waals surface area contributed by atoms with Crippen molar-refractivity contribution in [2.45, 2.75) is 24.1 Å². The highest BCUT2D eigenvalue weighted by Gasteiger charge is 2.30. The van der Waals surface area contributed by atoms with E-state index in [1.165, 1.54) is 24.1 Å². The van der Waals surface area contributed by atoms with Crippen LogP contribution in [0.25, 0.3) is 5.69 Å². The van der Waals surface area contributed by atoms with E-state index in [1.807, 2.05) is 18.3 Å². The van der Waals surface area contributed by atoms with Crippen LogP contribution in [0.5, 0.6) is 0 Å². The number of nitrogens with zero attached hydrogens (tertiary/aromatic N) is 2. The van der Waals surface area contributed by atoms with E-state index in [9.17, 15) is 0 Å². The fourth-order valence-electron chi connectivity index (χ4n) is 2.10. The smallest absolute Gasteiger partial charge is 0.0790 e. The molecule has 1 heterocycles. The summed E-state index contributed by atoms with van der Waals surface area (Å²) in [6, 6.07) is 8.23. The molecule has 1 fully saturated rings. The van der Waals surface area contributed by atoms with Gasteiger partial charge in [-0.25, -0.2) is 4.68 Å². The van der Waals surface area contributed by atoms with Crippen LogP contribution >= 0.6 is 31.9 Å². The first-order valence-electron chi connectivity index (χ1n) is 5.69. The Labute approximate surface area is 117 Å². The van der Waals surface area contributed by atoms with Crippen molar-refractivity contribution in [3.63, 3.8) is 0 Å². The van der Waals surface area contributed by atoms with E-state index in [0.29, 0.717) is 5.92 Å². The van der Waals surface area contributed by atoms with Crippen molar-refractivity contribution < 1.29 is 0 Å². The molecule has 1 aromatic carbocycles. The molecule has 0 unspecified atom stereocenters. The van der Waals surface area contributed by atoms with Gasteiger partial charge in [-0.3, -0.25) is 0 Å². The van der Waals surface area contributed by atoms with Gasteiger partial charge < -0.3 is 0 Å². The molecule has 0 bridgehead atoms. The average molecular weight is 356 g/mol. The average Bonchev–Trinajstić information content (AvgIpc) is 3.10. The van der Waals surface area contributed by atoms with Crippen molar-refractivity contribution in [1.82, 2.24) is 9.78 Å². The molecule has 0 N–H and O–H groups in total. The Morgan fingerprint density at radius 3 is 2.71 bits per heavy atom. The molecule has 2 nitrogen and oxygen atoms in total. The predicted octanol–water partition coefficient (Wildman–Crippen LogP) is 4.41. The van der Waals surface area contributed by atoms with Gasteiger partial charge in [-0.2, -0.15) is 5.10 Å². The Morgan fingerprint density at radius 2 is 2.06 bits per heavy atom. The molecular formula is C13H12Br2N2. The van der Waals surface area contributed by atoms with Crippen LogP contribution < -0.4 is 0 Å². The molecule has 0 saturated heterocycles. The van der Waals surface area contributed by atoms with E-state index in [4.69, 9.17) is 0 Å². The maximum atomic E-state index is 4.54. The molecule has 1 aliphatic carbocycles. The summed E-state index contributed by atoms with van der Waals surface area (Å²) in [5.74, 6) is 0.692. The zero-order chi connectivity index (χ0) is 11.8. The lowest BCUT2D eigenvalue weighted by Gasteiger charge is -2.09. The first kappa shape index (κ1) is 11.5. The third-order valence-electron chi connectivity index (χ3n) is 3.07. The Bertz CT molecular complexity index is 544. The summed E-state index contributed by atoms with van der Waals surface area (Å²) in [5.41, 5.74) is 3.80. The number of halogens is 2. The first-order chi connectivity index (χ1) is 8.31. The minimum Gasteiger partial charge on any atom is -0.236 e. The van der Waals surface area contributed by atoms with E-state index < -0.39 is 0 Å². The molecule has 1 aromatic heterocycles. The van der Waals surface area contributed by atoms with Crippen LogP contribution in [-0.2, 0) is 5.33 Å². The summed E-state index contributed by atoms with van der Waals surface area (Å²) in [7, 11) is 0. The van der Waals surface area contributed by atoms with Gasteiger partial charge in [0.05, 0.1) is 17.6 Å². The number of aromatic nitrogens is 2. The highest BCUT2D eigenvalue weighted by molar-refractivity contribution is 9.10. The molecular weight excluding hydrogens is 344 g/mol. The number of hydrogen-bond acceptors (Lipinski definition) is 1. The van der Waals surface area contributed by atoms with Crippen LogP contribution in [0.4, 0.5) is 0 Å². The van der Waals surface area contributed by atoms with Crippen molar-refractivity contribution in [2.75, 3.05) is 0 Å². The molecule has 4 heteroatoms. The second-order valence-corrected chi connectivity index (χ2v) is 5.74. The van der Waals surface area contributed by atoms with Crippen LogP contribution in [0.1, 0.15) is 30.0 Å². The third kappa shape index (κ3) is 2.08. The molecule has 88 valence electrons. The van der Waals surface area contributed by atoms with Gasteiger partial charge in [-0.05, 0) is 40.9 Å². The van der Waals surface area contributed by atoms with Gasteiger partial charge in [0.25, 0.3) is 0 Å². The topological polar surface area (TPSA) is 17.8 Å². The molecule has 0 spiro atoms. The van der Waals surface area contributed by atoms with Crippen LogP contribution in [0, 0.1) is 0 Å². The van der Waals surface area contributed by atoms with Crippen molar-refractivity contribution in [3.8, 4) is 5.69 Å². The van der Waals surface area contributed by atoms with Gasteiger partial charge in [0.15, 0.2) is 0 Å². The van der Waals surface area contributed by atoms with Crippen molar-refractivity contribution >= 4 is 31.9 Å². The highest BCUT2D eigenvalue weighted by Crippen LogP contribution is 2.43. The molecule has 17 heavy (non-hydrogen) atoms. The standard InChI is InChI=1S/C13H12Br2N2/c14-7-10-8-16-17(13(10)9-5-6-9)12-4-2-1-3-11(12)15/h1-4,8-9H,5-7H2. The van der Waals surface area contributed by atoms with Crippen molar-refractivity contribution in [2.24, 2.45) is 0 Å². The second kappa shape index (κ2) is 4.58. The zero-order valence-corrected chi connectivity index (χ0v) is 12.4. The van der Waals surface area contributed by atoms with E-state index in [2.05, 4.69) is 53.8 Å². The van der Waals surface area contributed by atoms with Gasteiger partial charge >= 0.3 is 0 Å². The van der Waals surface area contributed by atoms with Gasteiger partial charge in [0.1, 0.15) is 0 Å². The minimum absolute atomic E-state index is 0.692. The summed E-state index contributed by atoms with van der Waals surface area (Å²) in [4.78, 5) is 0. The minimum atomic E-state index is 0.692.